The van der Waals surface area contributed by atoms with Crippen molar-refractivity contribution in [1.82, 2.24) is 14.9 Å². The second-order valence-electron chi connectivity index (χ2n) is 7.51. The minimum atomic E-state index is 0.233. The number of pyridine rings is 1. The Morgan fingerprint density at radius 1 is 1.25 bits per heavy atom. The van der Waals surface area contributed by atoms with E-state index in [1.165, 1.54) is 29.2 Å². The van der Waals surface area contributed by atoms with Gasteiger partial charge in [-0.1, -0.05) is 6.07 Å². The van der Waals surface area contributed by atoms with Gasteiger partial charge < -0.3 is 4.74 Å². The van der Waals surface area contributed by atoms with Crippen molar-refractivity contribution in [2.75, 3.05) is 13.1 Å². The SMILES string of the molecule is Cc1cccc(CN2C[C@@H]3C[C@@H](c4nc(C5CC5)cs4)O[C@@H]3C2)n1. The number of thiazole rings is 1. The zero-order valence-electron chi connectivity index (χ0n) is 14.0. The van der Waals surface area contributed by atoms with E-state index in [-0.39, 0.29) is 6.10 Å². The molecule has 0 amide bonds. The van der Waals surface area contributed by atoms with Crippen molar-refractivity contribution in [1.29, 1.82) is 0 Å². The molecular weight excluding hydrogens is 318 g/mol. The van der Waals surface area contributed by atoms with E-state index in [0.29, 0.717) is 12.0 Å². The fourth-order valence-electron chi connectivity index (χ4n) is 4.07. The molecule has 1 aliphatic carbocycles. The van der Waals surface area contributed by atoms with Crippen molar-refractivity contribution in [3.63, 3.8) is 0 Å². The zero-order valence-corrected chi connectivity index (χ0v) is 14.8. The maximum Gasteiger partial charge on any atom is 0.122 e. The molecule has 4 heterocycles. The van der Waals surface area contributed by atoms with Crippen molar-refractivity contribution >= 4 is 11.3 Å². The van der Waals surface area contributed by atoms with Gasteiger partial charge in [0.1, 0.15) is 11.1 Å². The summed E-state index contributed by atoms with van der Waals surface area (Å²) in [6.45, 7) is 5.14. The average molecular weight is 341 g/mol. The molecule has 0 bridgehead atoms. The quantitative estimate of drug-likeness (QED) is 0.850. The molecule has 3 aliphatic rings. The summed E-state index contributed by atoms with van der Waals surface area (Å²) >= 11 is 1.80. The maximum absolute atomic E-state index is 6.36. The number of aryl methyl sites for hydroxylation is 1. The Morgan fingerprint density at radius 2 is 2.17 bits per heavy atom. The molecule has 0 aromatic carbocycles. The van der Waals surface area contributed by atoms with E-state index < -0.39 is 0 Å². The van der Waals surface area contributed by atoms with E-state index >= 15 is 0 Å². The number of hydrogen-bond donors (Lipinski definition) is 0. The van der Waals surface area contributed by atoms with E-state index in [0.717, 1.165) is 37.7 Å². The molecular formula is C19H23N3OS. The number of fused-ring (bicyclic) bond motifs is 1. The topological polar surface area (TPSA) is 38.2 Å². The normalized spacial score (nSPS) is 30.0. The first-order chi connectivity index (χ1) is 11.7. The minimum absolute atomic E-state index is 0.233. The Morgan fingerprint density at radius 3 is 2.96 bits per heavy atom. The molecule has 5 rings (SSSR count). The van der Waals surface area contributed by atoms with Crippen LogP contribution in [0.3, 0.4) is 0 Å². The standard InChI is InChI=1S/C19H23N3OS/c1-12-3-2-4-15(20-12)9-22-8-14-7-17(23-18(14)10-22)19-21-16(11-24-19)13-5-6-13/h2-4,11,13-14,17-18H,5-10H2,1H3/t14-,17-,18+/m0/s1. The largest absolute Gasteiger partial charge is 0.366 e. The van der Waals surface area contributed by atoms with E-state index in [2.05, 4.69) is 40.4 Å². The number of nitrogens with zero attached hydrogens (tertiary/aromatic N) is 3. The first-order valence-electron chi connectivity index (χ1n) is 9.00. The Hall–Kier alpha value is -1.30. The van der Waals surface area contributed by atoms with Crippen LogP contribution in [0.5, 0.6) is 0 Å². The average Bonchev–Trinajstić information content (AvgIpc) is 2.99. The van der Waals surface area contributed by atoms with Crippen molar-refractivity contribution in [3.05, 3.63) is 45.7 Å². The molecule has 4 nitrogen and oxygen atoms in total. The van der Waals surface area contributed by atoms with Gasteiger partial charge in [-0.3, -0.25) is 9.88 Å². The highest BCUT2D eigenvalue weighted by Crippen LogP contribution is 2.45. The summed E-state index contributed by atoms with van der Waals surface area (Å²) < 4.78 is 6.36. The first-order valence-corrected chi connectivity index (χ1v) is 9.88. The summed E-state index contributed by atoms with van der Waals surface area (Å²) in [4.78, 5) is 12.0. The fourth-order valence-corrected chi connectivity index (χ4v) is 5.02. The van der Waals surface area contributed by atoms with Crippen LogP contribution in [-0.4, -0.2) is 34.1 Å². The molecule has 2 aromatic heterocycles. The third kappa shape index (κ3) is 2.89. The third-order valence-electron chi connectivity index (χ3n) is 5.45. The van der Waals surface area contributed by atoms with Crippen LogP contribution in [0.2, 0.25) is 0 Å². The Labute approximate surface area is 146 Å². The molecule has 0 spiro atoms. The molecule has 126 valence electrons. The lowest BCUT2D eigenvalue weighted by Crippen LogP contribution is -2.24. The summed E-state index contributed by atoms with van der Waals surface area (Å²) in [7, 11) is 0. The fraction of sp³-hybridized carbons (Fsp3) is 0.579. The number of aromatic nitrogens is 2. The lowest BCUT2D eigenvalue weighted by atomic mass is 10.0. The molecule has 0 radical (unpaired) electrons. The maximum atomic E-state index is 6.36. The summed E-state index contributed by atoms with van der Waals surface area (Å²) in [6, 6.07) is 6.28. The molecule has 2 aromatic rings. The molecule has 0 unspecified atom stereocenters. The highest BCUT2D eigenvalue weighted by Gasteiger charge is 2.43. The Bertz CT molecular complexity index is 728. The monoisotopic (exact) mass is 341 g/mol. The summed E-state index contributed by atoms with van der Waals surface area (Å²) in [5, 5.41) is 3.46. The molecule has 3 atom stereocenters. The number of ether oxygens (including phenoxy) is 1. The number of rotatable bonds is 4. The zero-order chi connectivity index (χ0) is 16.1. The second kappa shape index (κ2) is 5.90. The van der Waals surface area contributed by atoms with Crippen LogP contribution < -0.4 is 0 Å². The van der Waals surface area contributed by atoms with Crippen LogP contribution in [0, 0.1) is 12.8 Å². The molecule has 2 aliphatic heterocycles. The van der Waals surface area contributed by atoms with Gasteiger partial charge >= 0.3 is 0 Å². The van der Waals surface area contributed by atoms with Gasteiger partial charge in [-0.05, 0) is 38.3 Å². The van der Waals surface area contributed by atoms with Gasteiger partial charge in [0.2, 0.25) is 0 Å². The van der Waals surface area contributed by atoms with Crippen molar-refractivity contribution in [2.24, 2.45) is 5.92 Å². The summed E-state index contributed by atoms with van der Waals surface area (Å²) in [6.07, 6.45) is 4.37. The van der Waals surface area contributed by atoms with E-state index in [4.69, 9.17) is 9.72 Å². The van der Waals surface area contributed by atoms with E-state index in [1.807, 2.05) is 0 Å². The molecule has 3 fully saturated rings. The third-order valence-corrected chi connectivity index (χ3v) is 6.41. The van der Waals surface area contributed by atoms with Crippen LogP contribution in [0.25, 0.3) is 0 Å². The van der Waals surface area contributed by atoms with Gasteiger partial charge in [-0.2, -0.15) is 0 Å². The minimum Gasteiger partial charge on any atom is -0.366 e. The van der Waals surface area contributed by atoms with Crippen molar-refractivity contribution in [2.45, 2.75) is 50.9 Å². The van der Waals surface area contributed by atoms with Crippen LogP contribution >= 0.6 is 11.3 Å². The Kier molecular flexibility index (Phi) is 3.69. The van der Waals surface area contributed by atoms with E-state index in [9.17, 15) is 0 Å². The smallest absolute Gasteiger partial charge is 0.122 e. The molecule has 5 heteroatoms. The van der Waals surface area contributed by atoms with Gasteiger partial charge in [0.15, 0.2) is 0 Å². The van der Waals surface area contributed by atoms with Gasteiger partial charge in [0.05, 0.1) is 17.5 Å². The lowest BCUT2D eigenvalue weighted by molar-refractivity contribution is 0.0368. The van der Waals surface area contributed by atoms with Gasteiger partial charge in [-0.25, -0.2) is 4.98 Å². The van der Waals surface area contributed by atoms with Crippen LogP contribution in [0.4, 0.5) is 0 Å². The first kappa shape index (κ1) is 15.0. The van der Waals surface area contributed by atoms with Crippen molar-refractivity contribution in [3.8, 4) is 0 Å². The lowest BCUT2D eigenvalue weighted by Gasteiger charge is -2.18. The van der Waals surface area contributed by atoms with Gasteiger partial charge in [0.25, 0.3) is 0 Å². The van der Waals surface area contributed by atoms with Gasteiger partial charge in [-0.15, -0.1) is 11.3 Å². The molecule has 0 N–H and O–H groups in total. The summed E-state index contributed by atoms with van der Waals surface area (Å²) in [5.74, 6) is 1.39. The second-order valence-corrected chi connectivity index (χ2v) is 8.40. The molecule has 2 saturated heterocycles. The Balaban J connectivity index is 1.20. The number of likely N-dealkylation sites (tertiary alicyclic amines) is 1. The molecule has 24 heavy (non-hydrogen) atoms. The van der Waals surface area contributed by atoms with E-state index in [1.54, 1.807) is 11.3 Å². The predicted molar refractivity (Wildman–Crippen MR) is 94.1 cm³/mol. The predicted octanol–water partition coefficient (Wildman–Crippen LogP) is 3.69. The van der Waals surface area contributed by atoms with Crippen molar-refractivity contribution < 1.29 is 4.74 Å². The highest BCUT2D eigenvalue weighted by molar-refractivity contribution is 7.09. The summed E-state index contributed by atoms with van der Waals surface area (Å²) in [5.41, 5.74) is 3.57. The van der Waals surface area contributed by atoms with Crippen LogP contribution in [-0.2, 0) is 11.3 Å². The van der Waals surface area contributed by atoms with Crippen LogP contribution in [0.1, 0.15) is 53.4 Å². The highest BCUT2D eigenvalue weighted by atomic mass is 32.1. The van der Waals surface area contributed by atoms with Crippen LogP contribution in [0.15, 0.2) is 23.6 Å². The molecule has 1 saturated carbocycles. The van der Waals surface area contributed by atoms with Gasteiger partial charge in [0, 0.05) is 42.5 Å². The number of hydrogen-bond acceptors (Lipinski definition) is 5.